The van der Waals surface area contributed by atoms with E-state index in [4.69, 9.17) is 0 Å². The summed E-state index contributed by atoms with van der Waals surface area (Å²) in [4.78, 5) is 11.7. The second kappa shape index (κ2) is 4.97. The van der Waals surface area contributed by atoms with E-state index in [2.05, 4.69) is 13.2 Å². The summed E-state index contributed by atoms with van der Waals surface area (Å²) >= 11 is 0. The van der Waals surface area contributed by atoms with Crippen molar-refractivity contribution >= 4 is 5.78 Å². The number of hydrogen-bond donors (Lipinski definition) is 0. The van der Waals surface area contributed by atoms with E-state index in [1.54, 1.807) is 30.4 Å². The molecule has 0 aliphatic carbocycles. The molecule has 0 bridgehead atoms. The number of ketones is 1. The molecule has 0 heterocycles. The van der Waals surface area contributed by atoms with Gasteiger partial charge < -0.3 is 0 Å². The van der Waals surface area contributed by atoms with Crippen LogP contribution in [-0.4, -0.2) is 5.78 Å². The van der Waals surface area contributed by atoms with Gasteiger partial charge in [-0.15, -0.1) is 0 Å². The molecule has 70 valence electrons. The van der Waals surface area contributed by atoms with Crippen molar-refractivity contribution in [2.24, 2.45) is 0 Å². The first kappa shape index (κ1) is 10.2. The summed E-state index contributed by atoms with van der Waals surface area (Å²) in [6.45, 7) is 7.21. The molecule has 0 aliphatic rings. The number of benzene rings is 1. The molecule has 0 aromatic heterocycles. The number of Topliss-reactive ketones (excluding diaryl/α,β-unsaturated/α-hetero) is 1. The largest absolute Gasteiger partial charge is 0.289 e. The lowest BCUT2D eigenvalue weighted by Crippen LogP contribution is -1.99. The van der Waals surface area contributed by atoms with Crippen LogP contribution in [0.5, 0.6) is 0 Å². The molecule has 0 unspecified atom stereocenters. The Kier molecular flexibility index (Phi) is 3.62. The van der Waals surface area contributed by atoms with Gasteiger partial charge >= 0.3 is 0 Å². The molecule has 0 radical (unpaired) electrons. The molecule has 1 rings (SSSR count). The summed E-state index contributed by atoms with van der Waals surface area (Å²) in [7, 11) is 0. The Hall–Kier alpha value is -1.89. The molecular formula is C13H12O. The fourth-order valence-electron chi connectivity index (χ4n) is 1.03. The SMILES string of the molecule is C=C/C=C\C(=C)C(=O)c1ccccc1. The molecule has 0 N–H and O–H groups in total. The van der Waals surface area contributed by atoms with E-state index in [0.717, 1.165) is 0 Å². The smallest absolute Gasteiger partial charge is 0.192 e. The van der Waals surface area contributed by atoms with Crippen molar-refractivity contribution < 1.29 is 4.79 Å². The van der Waals surface area contributed by atoms with Gasteiger partial charge in [0.15, 0.2) is 5.78 Å². The minimum atomic E-state index is -0.0521. The molecular weight excluding hydrogens is 172 g/mol. The normalized spacial score (nSPS) is 10.0. The van der Waals surface area contributed by atoms with Crippen LogP contribution in [0.15, 0.2) is 67.3 Å². The van der Waals surface area contributed by atoms with Crippen molar-refractivity contribution in [3.63, 3.8) is 0 Å². The molecule has 0 atom stereocenters. The fraction of sp³-hybridized carbons (Fsp3) is 0. The monoisotopic (exact) mass is 184 g/mol. The predicted molar refractivity (Wildman–Crippen MR) is 59.2 cm³/mol. The van der Waals surface area contributed by atoms with Gasteiger partial charge in [-0.25, -0.2) is 0 Å². The quantitative estimate of drug-likeness (QED) is 0.399. The first-order valence-electron chi connectivity index (χ1n) is 4.33. The third-order valence-electron chi connectivity index (χ3n) is 1.76. The van der Waals surface area contributed by atoms with E-state index < -0.39 is 0 Å². The van der Waals surface area contributed by atoms with Crippen LogP contribution in [-0.2, 0) is 0 Å². The van der Waals surface area contributed by atoms with Crippen molar-refractivity contribution in [1.82, 2.24) is 0 Å². The highest BCUT2D eigenvalue weighted by Crippen LogP contribution is 2.07. The maximum atomic E-state index is 11.7. The zero-order chi connectivity index (χ0) is 10.4. The highest BCUT2D eigenvalue weighted by Gasteiger charge is 2.05. The lowest BCUT2D eigenvalue weighted by atomic mass is 10.0. The van der Waals surface area contributed by atoms with Crippen molar-refractivity contribution in [2.45, 2.75) is 0 Å². The van der Waals surface area contributed by atoms with Crippen molar-refractivity contribution in [3.8, 4) is 0 Å². The molecule has 0 aliphatic heterocycles. The number of hydrogen-bond acceptors (Lipinski definition) is 1. The molecule has 1 heteroatoms. The molecule has 0 saturated carbocycles. The first-order valence-corrected chi connectivity index (χ1v) is 4.33. The Morgan fingerprint density at radius 2 is 1.86 bits per heavy atom. The number of carbonyl (C=O) groups is 1. The topological polar surface area (TPSA) is 17.1 Å². The summed E-state index contributed by atoms with van der Waals surface area (Å²) in [6, 6.07) is 9.08. The zero-order valence-corrected chi connectivity index (χ0v) is 7.94. The van der Waals surface area contributed by atoms with E-state index in [9.17, 15) is 4.79 Å². The van der Waals surface area contributed by atoms with E-state index >= 15 is 0 Å². The fourth-order valence-corrected chi connectivity index (χ4v) is 1.03. The molecule has 14 heavy (non-hydrogen) atoms. The maximum Gasteiger partial charge on any atom is 0.192 e. The predicted octanol–water partition coefficient (Wildman–Crippen LogP) is 3.17. The van der Waals surface area contributed by atoms with Gasteiger partial charge in [0, 0.05) is 11.1 Å². The standard InChI is InChI=1S/C13H12O/c1-3-4-8-11(2)13(14)12-9-6-5-7-10-12/h3-10H,1-2H2/b8-4-. The van der Waals surface area contributed by atoms with E-state index in [1.165, 1.54) is 0 Å². The third-order valence-corrected chi connectivity index (χ3v) is 1.76. The van der Waals surface area contributed by atoms with Crippen molar-refractivity contribution in [1.29, 1.82) is 0 Å². The lowest BCUT2D eigenvalue weighted by molar-refractivity contribution is 0.103. The Morgan fingerprint density at radius 1 is 1.21 bits per heavy atom. The van der Waals surface area contributed by atoms with Crippen LogP contribution in [0.4, 0.5) is 0 Å². The summed E-state index contributed by atoms with van der Waals surface area (Å²) in [6.07, 6.45) is 4.97. The van der Waals surface area contributed by atoms with Gasteiger partial charge in [-0.1, -0.05) is 61.7 Å². The minimum absolute atomic E-state index is 0.0521. The highest BCUT2D eigenvalue weighted by atomic mass is 16.1. The molecule has 1 nitrogen and oxygen atoms in total. The highest BCUT2D eigenvalue weighted by molar-refractivity contribution is 6.10. The second-order valence-corrected chi connectivity index (χ2v) is 2.82. The van der Waals surface area contributed by atoms with Crippen LogP contribution in [0.1, 0.15) is 10.4 Å². The average Bonchev–Trinajstić information content (AvgIpc) is 2.26. The second-order valence-electron chi connectivity index (χ2n) is 2.82. The summed E-state index contributed by atoms with van der Waals surface area (Å²) in [5.74, 6) is -0.0521. The zero-order valence-electron chi connectivity index (χ0n) is 7.94. The third kappa shape index (κ3) is 2.56. The van der Waals surface area contributed by atoms with Gasteiger partial charge in [0.05, 0.1) is 0 Å². The summed E-state index contributed by atoms with van der Waals surface area (Å²) in [5, 5.41) is 0. The van der Waals surface area contributed by atoms with Gasteiger partial charge in [-0.2, -0.15) is 0 Å². The Bertz CT molecular complexity index is 371. The summed E-state index contributed by atoms with van der Waals surface area (Å²) in [5.41, 5.74) is 1.13. The molecule has 0 fully saturated rings. The van der Waals surface area contributed by atoms with Gasteiger partial charge in [-0.05, 0) is 0 Å². The molecule has 1 aromatic carbocycles. The Morgan fingerprint density at radius 3 is 2.43 bits per heavy atom. The lowest BCUT2D eigenvalue weighted by Gasteiger charge is -1.98. The first-order chi connectivity index (χ1) is 6.75. The van der Waals surface area contributed by atoms with Crippen LogP contribution < -0.4 is 0 Å². The Labute approximate surface area is 84.1 Å². The maximum absolute atomic E-state index is 11.7. The van der Waals surface area contributed by atoms with E-state index in [-0.39, 0.29) is 5.78 Å². The summed E-state index contributed by atoms with van der Waals surface area (Å²) < 4.78 is 0. The van der Waals surface area contributed by atoms with Crippen LogP contribution in [0.3, 0.4) is 0 Å². The van der Waals surface area contributed by atoms with E-state index in [1.807, 2.05) is 18.2 Å². The van der Waals surface area contributed by atoms with Gasteiger partial charge in [0.1, 0.15) is 0 Å². The molecule has 0 amide bonds. The average molecular weight is 184 g/mol. The number of rotatable bonds is 4. The Balaban J connectivity index is 2.81. The molecule has 0 saturated heterocycles. The number of carbonyl (C=O) groups excluding carboxylic acids is 1. The minimum Gasteiger partial charge on any atom is -0.289 e. The van der Waals surface area contributed by atoms with Crippen LogP contribution in [0, 0.1) is 0 Å². The molecule has 0 spiro atoms. The van der Waals surface area contributed by atoms with Crippen molar-refractivity contribution in [3.05, 3.63) is 72.9 Å². The molecule has 1 aromatic rings. The number of allylic oxidation sites excluding steroid dienone is 4. The van der Waals surface area contributed by atoms with Gasteiger partial charge in [0.2, 0.25) is 0 Å². The van der Waals surface area contributed by atoms with Crippen LogP contribution in [0.2, 0.25) is 0 Å². The van der Waals surface area contributed by atoms with Crippen LogP contribution in [0.25, 0.3) is 0 Å². The van der Waals surface area contributed by atoms with E-state index in [0.29, 0.717) is 11.1 Å². The van der Waals surface area contributed by atoms with Crippen molar-refractivity contribution in [2.75, 3.05) is 0 Å². The van der Waals surface area contributed by atoms with Gasteiger partial charge in [-0.3, -0.25) is 4.79 Å². The van der Waals surface area contributed by atoms with Crippen LogP contribution >= 0.6 is 0 Å². The van der Waals surface area contributed by atoms with Gasteiger partial charge in [0.25, 0.3) is 0 Å².